The van der Waals surface area contributed by atoms with Gasteiger partial charge in [-0.1, -0.05) is 91.1 Å². The molecule has 0 fully saturated rings. The summed E-state index contributed by atoms with van der Waals surface area (Å²) in [5, 5.41) is 7.20. The third-order valence-electron chi connectivity index (χ3n) is 10.7. The first-order valence-electron chi connectivity index (χ1n) is 19.7. The summed E-state index contributed by atoms with van der Waals surface area (Å²) in [7, 11) is 6.11. The number of aromatic nitrogens is 3. The van der Waals surface area contributed by atoms with Gasteiger partial charge in [0.15, 0.2) is 37.2 Å². The molecule has 0 aliphatic heterocycles. The van der Waals surface area contributed by atoms with Crippen molar-refractivity contribution in [1.29, 1.82) is 0 Å². The van der Waals surface area contributed by atoms with Gasteiger partial charge >= 0.3 is 0 Å². The molecule has 3 heterocycles. The quantitative estimate of drug-likeness (QED) is 0.134. The zero-order chi connectivity index (χ0) is 39.4. The molecular formula is C54H45N4+3. The van der Waals surface area contributed by atoms with Gasteiger partial charge in [-0.25, -0.2) is 13.7 Å². The molecule has 0 aliphatic carbocycles. The van der Waals surface area contributed by atoms with E-state index < -0.39 is 0 Å². The van der Waals surface area contributed by atoms with Gasteiger partial charge in [-0.15, -0.1) is 0 Å². The fourth-order valence-electron chi connectivity index (χ4n) is 7.38. The first kappa shape index (κ1) is 36.2. The van der Waals surface area contributed by atoms with Gasteiger partial charge in [-0.2, -0.15) is 0 Å². The Balaban J connectivity index is 1.07. The van der Waals surface area contributed by atoms with Gasteiger partial charge in [0.25, 0.3) is 0 Å². The number of anilines is 3. The fourth-order valence-corrected chi connectivity index (χ4v) is 7.38. The topological polar surface area (TPSA) is 14.9 Å². The largest absolute Gasteiger partial charge is 0.310 e. The molecule has 4 heteroatoms. The van der Waals surface area contributed by atoms with Crippen LogP contribution in [-0.4, -0.2) is 0 Å². The first-order chi connectivity index (χ1) is 28.4. The number of fused-ring (bicyclic) bond motifs is 3. The molecule has 0 saturated heterocycles. The third-order valence-corrected chi connectivity index (χ3v) is 10.7. The van der Waals surface area contributed by atoms with Crippen LogP contribution in [0.5, 0.6) is 0 Å². The lowest BCUT2D eigenvalue weighted by molar-refractivity contribution is -0.671. The zero-order valence-electron chi connectivity index (χ0n) is 33.1. The molecule has 0 aliphatic rings. The standard InChI is InChI=1S/C54H45N4/c1-55-28-22-40(23-29-55)4-7-43-10-13-49-37-52(19-16-46(49)34-43)58(53-20-17-47-35-44(11-14-50(47)38-53)8-5-41-24-30-56(2)31-25-41)54-21-18-48-36-45(12-15-51(48)39-54)9-6-42-26-32-57(3)33-27-42/h4-39H,1-3H3/q+3. The van der Waals surface area contributed by atoms with Crippen molar-refractivity contribution >= 4 is 85.8 Å². The van der Waals surface area contributed by atoms with Crippen LogP contribution in [0.25, 0.3) is 68.8 Å². The SMILES string of the molecule is C[n+]1ccc(/C=C/c2ccc3cc(N(c4ccc5cc(/C=C/c6cc[n+](C)cc6)ccc5c4)c4ccc5cc(/C=C/c6cc[n+](C)cc6)ccc5c4)ccc3c2)cc1. The maximum Gasteiger partial charge on any atom is 0.169 e. The van der Waals surface area contributed by atoms with Gasteiger partial charge in [0.2, 0.25) is 0 Å². The van der Waals surface area contributed by atoms with Crippen LogP contribution >= 0.6 is 0 Å². The summed E-state index contributed by atoms with van der Waals surface area (Å²) in [5.41, 5.74) is 10.4. The Hall–Kier alpha value is -7.43. The number of pyridine rings is 3. The first-order valence-corrected chi connectivity index (χ1v) is 19.7. The van der Waals surface area contributed by atoms with Gasteiger partial charge in [-0.3, -0.25) is 0 Å². The molecule has 4 nitrogen and oxygen atoms in total. The van der Waals surface area contributed by atoms with Crippen LogP contribution in [0.1, 0.15) is 33.4 Å². The van der Waals surface area contributed by atoms with Crippen LogP contribution in [0.4, 0.5) is 17.1 Å². The molecule has 0 spiro atoms. The van der Waals surface area contributed by atoms with Crippen molar-refractivity contribution in [3.63, 3.8) is 0 Å². The Morgan fingerprint density at radius 1 is 0.276 bits per heavy atom. The van der Waals surface area contributed by atoms with Crippen molar-refractivity contribution in [3.05, 3.63) is 216 Å². The molecule has 9 aromatic rings. The molecule has 0 atom stereocenters. The van der Waals surface area contributed by atoms with Crippen molar-refractivity contribution < 1.29 is 13.7 Å². The van der Waals surface area contributed by atoms with Crippen LogP contribution in [0, 0.1) is 0 Å². The second-order valence-corrected chi connectivity index (χ2v) is 15.1. The number of aryl methyl sites for hydroxylation is 3. The lowest BCUT2D eigenvalue weighted by Gasteiger charge is -2.26. The molecule has 0 amide bonds. The summed E-state index contributed by atoms with van der Waals surface area (Å²) in [4.78, 5) is 2.38. The number of benzene rings is 6. The minimum absolute atomic E-state index is 1.11. The van der Waals surface area contributed by atoms with Crippen molar-refractivity contribution in [3.8, 4) is 0 Å². The van der Waals surface area contributed by atoms with E-state index in [1.54, 1.807) is 0 Å². The average Bonchev–Trinajstić information content (AvgIpc) is 3.25. The van der Waals surface area contributed by atoms with Gasteiger partial charge in [0.1, 0.15) is 21.1 Å². The lowest BCUT2D eigenvalue weighted by atomic mass is 10.0. The van der Waals surface area contributed by atoms with E-state index >= 15 is 0 Å². The van der Waals surface area contributed by atoms with Crippen LogP contribution in [0.3, 0.4) is 0 Å². The van der Waals surface area contributed by atoms with Crippen molar-refractivity contribution in [1.82, 2.24) is 0 Å². The minimum Gasteiger partial charge on any atom is -0.310 e. The van der Waals surface area contributed by atoms with E-state index in [2.05, 4.69) is 224 Å². The van der Waals surface area contributed by atoms with E-state index in [0.717, 1.165) is 17.1 Å². The zero-order valence-corrected chi connectivity index (χ0v) is 33.1. The smallest absolute Gasteiger partial charge is 0.169 e. The van der Waals surface area contributed by atoms with Gasteiger partial charge in [-0.05, 0) is 120 Å². The van der Waals surface area contributed by atoms with Gasteiger partial charge in [0.05, 0.1) is 0 Å². The molecule has 0 saturated carbocycles. The Morgan fingerprint density at radius 3 is 0.810 bits per heavy atom. The monoisotopic (exact) mass is 749 g/mol. The van der Waals surface area contributed by atoms with Crippen LogP contribution in [0.2, 0.25) is 0 Å². The molecule has 0 radical (unpaired) electrons. The van der Waals surface area contributed by atoms with Crippen LogP contribution in [-0.2, 0) is 21.1 Å². The minimum atomic E-state index is 1.11. The van der Waals surface area contributed by atoms with Crippen LogP contribution in [0.15, 0.2) is 183 Å². The Kier molecular flexibility index (Phi) is 9.97. The second kappa shape index (κ2) is 16.0. The van der Waals surface area contributed by atoms with Gasteiger partial charge in [0, 0.05) is 53.5 Å². The van der Waals surface area contributed by atoms with E-state index in [0.29, 0.717) is 0 Å². The summed E-state index contributed by atoms with van der Waals surface area (Å²) < 4.78 is 6.15. The van der Waals surface area contributed by atoms with E-state index in [4.69, 9.17) is 0 Å². The number of hydrogen-bond donors (Lipinski definition) is 0. The highest BCUT2D eigenvalue weighted by atomic mass is 15.1. The molecule has 0 unspecified atom stereocenters. The average molecular weight is 750 g/mol. The summed E-state index contributed by atoms with van der Waals surface area (Å²) in [6.07, 6.45) is 25.5. The van der Waals surface area contributed by atoms with Gasteiger partial charge < -0.3 is 4.90 Å². The van der Waals surface area contributed by atoms with E-state index in [1.165, 1.54) is 65.7 Å². The highest BCUT2D eigenvalue weighted by Crippen LogP contribution is 2.39. The Morgan fingerprint density at radius 2 is 0.517 bits per heavy atom. The summed E-state index contributed by atoms with van der Waals surface area (Å²) in [6, 6.07) is 53.3. The maximum absolute atomic E-state index is 2.38. The summed E-state index contributed by atoms with van der Waals surface area (Å²) in [6.45, 7) is 0. The number of rotatable bonds is 9. The van der Waals surface area contributed by atoms with E-state index in [-0.39, 0.29) is 0 Å². The molecule has 0 N–H and O–H groups in total. The fraction of sp³-hybridized carbons (Fsp3) is 0.0556. The molecular weight excluding hydrogens is 705 g/mol. The molecule has 6 aromatic carbocycles. The molecule has 3 aromatic heterocycles. The highest BCUT2D eigenvalue weighted by molar-refractivity contribution is 5.96. The Bertz CT molecular complexity index is 2680. The van der Waals surface area contributed by atoms with Crippen molar-refractivity contribution in [2.75, 3.05) is 4.90 Å². The Labute approximate surface area is 340 Å². The molecule has 0 bridgehead atoms. The normalized spacial score (nSPS) is 11.8. The predicted molar refractivity (Wildman–Crippen MR) is 243 cm³/mol. The predicted octanol–water partition coefficient (Wildman–Crippen LogP) is 11.6. The van der Waals surface area contributed by atoms with Crippen molar-refractivity contribution in [2.24, 2.45) is 21.1 Å². The molecule has 58 heavy (non-hydrogen) atoms. The van der Waals surface area contributed by atoms with E-state index in [9.17, 15) is 0 Å². The number of hydrogen-bond acceptors (Lipinski definition) is 1. The maximum atomic E-state index is 2.38. The summed E-state index contributed by atoms with van der Waals surface area (Å²) in [5.74, 6) is 0. The second-order valence-electron chi connectivity index (χ2n) is 15.1. The summed E-state index contributed by atoms with van der Waals surface area (Å²) >= 11 is 0. The molecule has 278 valence electrons. The van der Waals surface area contributed by atoms with Crippen molar-refractivity contribution in [2.45, 2.75) is 0 Å². The lowest BCUT2D eigenvalue weighted by Crippen LogP contribution is -2.25. The molecule has 9 rings (SSSR count). The highest BCUT2D eigenvalue weighted by Gasteiger charge is 2.15. The number of nitrogens with zero attached hydrogens (tertiary/aromatic N) is 4. The third kappa shape index (κ3) is 8.23. The van der Waals surface area contributed by atoms with E-state index in [1.807, 2.05) is 34.8 Å². The van der Waals surface area contributed by atoms with Crippen LogP contribution < -0.4 is 18.6 Å².